The molecule has 27 heavy (non-hydrogen) atoms. The van der Waals surface area contributed by atoms with E-state index < -0.39 is 5.91 Å². The average molecular weight is 403 g/mol. The summed E-state index contributed by atoms with van der Waals surface area (Å²) in [6.07, 6.45) is 0.428. The molecule has 0 atom stereocenters. The summed E-state index contributed by atoms with van der Waals surface area (Å²) in [5, 5.41) is 8.92. The predicted octanol–water partition coefficient (Wildman–Crippen LogP) is 3.14. The third-order valence-electron chi connectivity index (χ3n) is 4.08. The number of nitrogens with two attached hydrogens (primary N) is 1. The van der Waals surface area contributed by atoms with E-state index in [1.807, 2.05) is 39.0 Å². The van der Waals surface area contributed by atoms with E-state index in [9.17, 15) is 9.59 Å². The monoisotopic (exact) mass is 402 g/mol. The van der Waals surface area contributed by atoms with Crippen LogP contribution in [-0.2, 0) is 16.0 Å². The molecule has 1 heterocycles. The van der Waals surface area contributed by atoms with Crippen LogP contribution in [0.4, 0.5) is 5.69 Å². The number of nitrogens with zero attached hydrogens (tertiary/aromatic N) is 3. The number of aromatic nitrogens is 1. The minimum Gasteiger partial charge on any atom is -0.369 e. The van der Waals surface area contributed by atoms with E-state index >= 15 is 0 Å². The van der Waals surface area contributed by atoms with Crippen LogP contribution < -0.4 is 10.6 Å². The number of hydrogen-bond acceptors (Lipinski definition) is 6. The van der Waals surface area contributed by atoms with Crippen LogP contribution >= 0.6 is 23.1 Å². The van der Waals surface area contributed by atoms with E-state index in [1.165, 1.54) is 23.1 Å². The molecule has 2 aromatic rings. The van der Waals surface area contributed by atoms with Gasteiger partial charge in [-0.1, -0.05) is 17.8 Å². The fraction of sp³-hybridized carbons (Fsp3) is 0.368. The number of thiazole rings is 1. The van der Waals surface area contributed by atoms with Crippen molar-refractivity contribution in [2.24, 2.45) is 5.73 Å². The van der Waals surface area contributed by atoms with Crippen LogP contribution in [0, 0.1) is 32.1 Å². The smallest absolute Gasteiger partial charge is 0.237 e. The maximum atomic E-state index is 12.8. The number of nitriles is 1. The van der Waals surface area contributed by atoms with Gasteiger partial charge in [-0.3, -0.25) is 9.59 Å². The SMILES string of the molecule is Cc1ccc(N(CCC#N)C(=O)CSc2nc(C)c(CC(N)=O)s2)cc1C. The molecule has 142 valence electrons. The highest BCUT2D eigenvalue weighted by atomic mass is 32.2. The Morgan fingerprint density at radius 3 is 2.67 bits per heavy atom. The second kappa shape index (κ2) is 9.53. The lowest BCUT2D eigenvalue weighted by Gasteiger charge is -2.22. The summed E-state index contributed by atoms with van der Waals surface area (Å²) in [7, 11) is 0. The van der Waals surface area contributed by atoms with Crippen LogP contribution in [0.25, 0.3) is 0 Å². The number of benzene rings is 1. The molecular weight excluding hydrogens is 380 g/mol. The summed E-state index contributed by atoms with van der Waals surface area (Å²) in [6, 6.07) is 7.94. The summed E-state index contributed by atoms with van der Waals surface area (Å²) < 4.78 is 0.734. The van der Waals surface area contributed by atoms with Crippen molar-refractivity contribution in [2.45, 2.75) is 38.0 Å². The number of rotatable bonds is 8. The third-order valence-corrected chi connectivity index (χ3v) is 6.36. The van der Waals surface area contributed by atoms with Crippen LogP contribution in [0.15, 0.2) is 22.5 Å². The van der Waals surface area contributed by atoms with Gasteiger partial charge in [-0.2, -0.15) is 5.26 Å². The van der Waals surface area contributed by atoms with Gasteiger partial charge in [0.15, 0.2) is 4.34 Å². The van der Waals surface area contributed by atoms with Crippen molar-refractivity contribution in [3.05, 3.63) is 39.9 Å². The minimum absolute atomic E-state index is 0.0807. The zero-order valence-corrected chi connectivity index (χ0v) is 17.2. The highest BCUT2D eigenvalue weighted by Gasteiger charge is 2.18. The van der Waals surface area contributed by atoms with Crippen molar-refractivity contribution in [1.29, 1.82) is 5.26 Å². The minimum atomic E-state index is -0.396. The van der Waals surface area contributed by atoms with E-state index in [4.69, 9.17) is 11.0 Å². The van der Waals surface area contributed by atoms with Gasteiger partial charge in [-0.15, -0.1) is 11.3 Å². The number of carbonyl (C=O) groups excluding carboxylic acids is 2. The fourth-order valence-electron chi connectivity index (χ4n) is 2.44. The highest BCUT2D eigenvalue weighted by molar-refractivity contribution is 8.01. The molecule has 0 bridgehead atoms. The molecule has 0 unspecified atom stereocenters. The summed E-state index contributed by atoms with van der Waals surface area (Å²) >= 11 is 2.72. The lowest BCUT2D eigenvalue weighted by atomic mass is 10.1. The van der Waals surface area contributed by atoms with E-state index in [-0.39, 0.29) is 24.5 Å². The molecule has 0 aliphatic rings. The Morgan fingerprint density at radius 2 is 2.04 bits per heavy atom. The zero-order chi connectivity index (χ0) is 20.0. The Bertz CT molecular complexity index is 886. The Labute approximate surface area is 167 Å². The van der Waals surface area contributed by atoms with E-state index in [0.717, 1.165) is 31.7 Å². The summed E-state index contributed by atoms with van der Waals surface area (Å²) in [5.74, 6) is -0.268. The molecular formula is C19H22N4O2S2. The van der Waals surface area contributed by atoms with Gasteiger partial charge in [0.2, 0.25) is 11.8 Å². The van der Waals surface area contributed by atoms with Gasteiger partial charge in [-0.05, 0) is 44.0 Å². The Balaban J connectivity index is 2.10. The van der Waals surface area contributed by atoms with Crippen LogP contribution in [-0.4, -0.2) is 29.1 Å². The summed E-state index contributed by atoms with van der Waals surface area (Å²) in [6.45, 7) is 6.20. The first kappa shape index (κ1) is 20.9. The quantitative estimate of drug-likeness (QED) is 0.684. The number of hydrogen-bond donors (Lipinski definition) is 1. The van der Waals surface area contributed by atoms with Crippen LogP contribution in [0.2, 0.25) is 0 Å². The van der Waals surface area contributed by atoms with Gasteiger partial charge in [0.1, 0.15) is 0 Å². The maximum Gasteiger partial charge on any atom is 0.237 e. The number of carbonyl (C=O) groups is 2. The third kappa shape index (κ3) is 5.81. The molecule has 2 N–H and O–H groups in total. The van der Waals surface area contributed by atoms with Crippen LogP contribution in [0.3, 0.4) is 0 Å². The highest BCUT2D eigenvalue weighted by Crippen LogP contribution is 2.28. The predicted molar refractivity (Wildman–Crippen MR) is 109 cm³/mol. The van der Waals surface area contributed by atoms with Crippen molar-refractivity contribution in [3.8, 4) is 6.07 Å². The van der Waals surface area contributed by atoms with Gasteiger partial charge in [0.05, 0.1) is 30.4 Å². The van der Waals surface area contributed by atoms with Gasteiger partial charge in [0, 0.05) is 17.1 Å². The molecule has 0 spiro atoms. The first-order valence-corrected chi connectivity index (χ1v) is 10.2. The van der Waals surface area contributed by atoms with Crippen molar-refractivity contribution in [1.82, 2.24) is 4.98 Å². The fourth-order valence-corrected chi connectivity index (χ4v) is 4.56. The number of thioether (sulfide) groups is 1. The molecule has 0 fully saturated rings. The van der Waals surface area contributed by atoms with E-state index in [1.54, 1.807) is 4.90 Å². The Morgan fingerprint density at radius 1 is 1.30 bits per heavy atom. The maximum absolute atomic E-state index is 12.8. The van der Waals surface area contributed by atoms with Crippen molar-refractivity contribution in [2.75, 3.05) is 17.2 Å². The second-order valence-electron chi connectivity index (χ2n) is 6.14. The molecule has 0 saturated heterocycles. The lowest BCUT2D eigenvalue weighted by molar-refractivity contribution is -0.117. The van der Waals surface area contributed by atoms with E-state index in [2.05, 4.69) is 11.1 Å². The first-order chi connectivity index (χ1) is 12.8. The van der Waals surface area contributed by atoms with Gasteiger partial charge < -0.3 is 10.6 Å². The molecule has 2 amide bonds. The number of anilines is 1. The molecule has 2 rings (SSSR count). The molecule has 0 aliphatic heterocycles. The molecule has 8 heteroatoms. The van der Waals surface area contributed by atoms with Gasteiger partial charge >= 0.3 is 0 Å². The molecule has 0 radical (unpaired) electrons. The zero-order valence-electron chi connectivity index (χ0n) is 15.6. The van der Waals surface area contributed by atoms with E-state index in [0.29, 0.717) is 6.54 Å². The summed E-state index contributed by atoms with van der Waals surface area (Å²) in [4.78, 5) is 30.8. The standard InChI is InChI=1S/C19H22N4O2S2/c1-12-5-6-15(9-13(12)2)23(8-4-7-20)18(25)11-26-19-22-14(3)16(27-19)10-17(21)24/h5-6,9H,4,8,10-11H2,1-3H3,(H2,21,24). The molecule has 1 aromatic carbocycles. The lowest BCUT2D eigenvalue weighted by Crippen LogP contribution is -2.33. The topological polar surface area (TPSA) is 100 Å². The molecule has 1 aromatic heterocycles. The van der Waals surface area contributed by atoms with Gasteiger partial charge in [0.25, 0.3) is 0 Å². The Kier molecular flexibility index (Phi) is 7.39. The van der Waals surface area contributed by atoms with Crippen molar-refractivity contribution >= 4 is 40.6 Å². The normalized spacial score (nSPS) is 10.4. The average Bonchev–Trinajstić information content (AvgIpc) is 2.95. The largest absolute Gasteiger partial charge is 0.369 e. The first-order valence-electron chi connectivity index (χ1n) is 8.43. The van der Waals surface area contributed by atoms with Crippen LogP contribution in [0.1, 0.15) is 28.1 Å². The second-order valence-corrected chi connectivity index (χ2v) is 8.45. The van der Waals surface area contributed by atoms with Crippen molar-refractivity contribution < 1.29 is 9.59 Å². The van der Waals surface area contributed by atoms with Crippen molar-refractivity contribution in [3.63, 3.8) is 0 Å². The number of primary amides is 1. The number of amides is 2. The molecule has 6 nitrogen and oxygen atoms in total. The Hall–Kier alpha value is -2.37. The van der Waals surface area contributed by atoms with Crippen LogP contribution in [0.5, 0.6) is 0 Å². The number of aryl methyl sites for hydroxylation is 3. The molecule has 0 aliphatic carbocycles. The van der Waals surface area contributed by atoms with Gasteiger partial charge in [-0.25, -0.2) is 4.98 Å². The summed E-state index contributed by atoms with van der Waals surface area (Å²) in [5.41, 5.74) is 9.06. The molecule has 0 saturated carbocycles.